The Hall–Kier alpha value is -3.73. The highest BCUT2D eigenvalue weighted by Gasteiger charge is 2.15. The van der Waals surface area contributed by atoms with E-state index in [1.165, 1.54) is 5.56 Å². The fourth-order valence-electron chi connectivity index (χ4n) is 2.94. The third-order valence-corrected chi connectivity index (χ3v) is 4.54. The van der Waals surface area contributed by atoms with E-state index in [2.05, 4.69) is 41.4 Å². The molecular formula is C23H20N4O. The zero-order chi connectivity index (χ0) is 19.5. The highest BCUT2D eigenvalue weighted by atomic mass is 16.5. The number of nitrogen functional groups attached to an aromatic ring is 1. The van der Waals surface area contributed by atoms with Crippen molar-refractivity contribution in [2.24, 2.45) is 0 Å². The molecule has 0 saturated carbocycles. The fraction of sp³-hybridized carbons (Fsp3) is 0.0870. The maximum absolute atomic E-state index is 5.80. The first-order valence-electron chi connectivity index (χ1n) is 8.96. The number of hydrogen-bond acceptors (Lipinski definition) is 5. The Morgan fingerprint density at radius 1 is 0.679 bits per heavy atom. The van der Waals surface area contributed by atoms with Crippen molar-refractivity contribution in [1.82, 2.24) is 15.2 Å². The Balaban J connectivity index is 1.87. The summed E-state index contributed by atoms with van der Waals surface area (Å²) in [5.74, 6) is 1.35. The summed E-state index contributed by atoms with van der Waals surface area (Å²) in [6.45, 7) is 2.06. The van der Waals surface area contributed by atoms with Gasteiger partial charge in [-0.05, 0) is 55.5 Å². The van der Waals surface area contributed by atoms with E-state index in [1.54, 1.807) is 7.11 Å². The average molecular weight is 368 g/mol. The number of hydrogen-bond donors (Lipinski definition) is 1. The summed E-state index contributed by atoms with van der Waals surface area (Å²) in [5.41, 5.74) is 12.0. The highest BCUT2D eigenvalue weighted by molar-refractivity contribution is 5.79. The molecule has 0 radical (unpaired) electrons. The van der Waals surface area contributed by atoms with Crippen molar-refractivity contribution in [3.8, 4) is 39.7 Å². The van der Waals surface area contributed by atoms with Gasteiger partial charge in [-0.15, -0.1) is 10.2 Å². The standard InChI is InChI=1S/C23H20N4O/c1-15-3-5-16(6-4-15)21-22(17-9-13-20(28-2)14-10-17)26-27-23(25-21)18-7-11-19(24)12-8-18/h3-14H,24H2,1-2H3. The Bertz CT molecular complexity index is 1090. The van der Waals surface area contributed by atoms with Gasteiger partial charge < -0.3 is 10.5 Å². The van der Waals surface area contributed by atoms with Crippen LogP contribution in [-0.4, -0.2) is 22.3 Å². The first kappa shape index (κ1) is 17.7. The lowest BCUT2D eigenvalue weighted by atomic mass is 10.0. The van der Waals surface area contributed by atoms with Gasteiger partial charge in [0, 0.05) is 22.4 Å². The maximum Gasteiger partial charge on any atom is 0.182 e. The first-order chi connectivity index (χ1) is 13.6. The van der Waals surface area contributed by atoms with Gasteiger partial charge in [-0.1, -0.05) is 29.8 Å². The van der Waals surface area contributed by atoms with Crippen molar-refractivity contribution in [1.29, 1.82) is 0 Å². The molecule has 4 rings (SSSR count). The number of anilines is 1. The molecule has 5 heteroatoms. The monoisotopic (exact) mass is 368 g/mol. The van der Waals surface area contributed by atoms with Crippen LogP contribution in [0.15, 0.2) is 72.8 Å². The van der Waals surface area contributed by atoms with Crippen LogP contribution in [0.5, 0.6) is 5.75 Å². The molecule has 0 spiro atoms. The second-order valence-electron chi connectivity index (χ2n) is 6.55. The fourth-order valence-corrected chi connectivity index (χ4v) is 2.94. The molecule has 3 aromatic carbocycles. The molecule has 2 N–H and O–H groups in total. The van der Waals surface area contributed by atoms with E-state index in [0.717, 1.165) is 33.8 Å². The predicted molar refractivity (Wildman–Crippen MR) is 112 cm³/mol. The van der Waals surface area contributed by atoms with E-state index in [9.17, 15) is 0 Å². The van der Waals surface area contributed by atoms with Crippen LogP contribution in [0.1, 0.15) is 5.56 Å². The SMILES string of the molecule is COc1ccc(-c2nnc(-c3ccc(N)cc3)nc2-c2ccc(C)cc2)cc1. The number of benzene rings is 3. The van der Waals surface area contributed by atoms with E-state index < -0.39 is 0 Å². The summed E-state index contributed by atoms with van der Waals surface area (Å²) in [5, 5.41) is 8.89. The Morgan fingerprint density at radius 3 is 1.89 bits per heavy atom. The van der Waals surface area contributed by atoms with Gasteiger partial charge >= 0.3 is 0 Å². The van der Waals surface area contributed by atoms with Crippen molar-refractivity contribution in [2.45, 2.75) is 6.92 Å². The van der Waals surface area contributed by atoms with E-state index in [4.69, 9.17) is 15.5 Å². The summed E-state index contributed by atoms with van der Waals surface area (Å²) in [6.07, 6.45) is 0. The zero-order valence-corrected chi connectivity index (χ0v) is 15.8. The third-order valence-electron chi connectivity index (χ3n) is 4.54. The van der Waals surface area contributed by atoms with Gasteiger partial charge in [0.25, 0.3) is 0 Å². The summed E-state index contributed by atoms with van der Waals surface area (Å²) in [6, 6.07) is 23.5. The molecule has 5 nitrogen and oxygen atoms in total. The van der Waals surface area contributed by atoms with E-state index in [-0.39, 0.29) is 0 Å². The molecule has 0 bridgehead atoms. The van der Waals surface area contributed by atoms with Gasteiger partial charge in [-0.25, -0.2) is 4.98 Å². The molecule has 0 fully saturated rings. The minimum atomic E-state index is 0.563. The van der Waals surface area contributed by atoms with E-state index >= 15 is 0 Å². The number of nitrogens with two attached hydrogens (primary N) is 1. The lowest BCUT2D eigenvalue weighted by Crippen LogP contribution is -2.00. The molecule has 0 aliphatic carbocycles. The van der Waals surface area contributed by atoms with E-state index in [0.29, 0.717) is 11.5 Å². The largest absolute Gasteiger partial charge is 0.497 e. The number of ether oxygens (including phenoxy) is 1. The van der Waals surface area contributed by atoms with Gasteiger partial charge in [0.05, 0.1) is 7.11 Å². The second-order valence-corrected chi connectivity index (χ2v) is 6.55. The smallest absolute Gasteiger partial charge is 0.182 e. The minimum Gasteiger partial charge on any atom is -0.497 e. The normalized spacial score (nSPS) is 10.6. The van der Waals surface area contributed by atoms with Gasteiger partial charge in [0.1, 0.15) is 17.1 Å². The Kier molecular flexibility index (Phi) is 4.72. The quantitative estimate of drug-likeness (QED) is 0.525. The van der Waals surface area contributed by atoms with Crippen LogP contribution < -0.4 is 10.5 Å². The topological polar surface area (TPSA) is 73.9 Å². The van der Waals surface area contributed by atoms with Gasteiger partial charge in [-0.3, -0.25) is 0 Å². The second kappa shape index (κ2) is 7.48. The summed E-state index contributed by atoms with van der Waals surface area (Å²) in [7, 11) is 1.65. The maximum atomic E-state index is 5.80. The molecular weight excluding hydrogens is 348 g/mol. The molecule has 138 valence electrons. The summed E-state index contributed by atoms with van der Waals surface area (Å²) in [4.78, 5) is 4.85. The molecule has 1 aromatic heterocycles. The van der Waals surface area contributed by atoms with Gasteiger partial charge in [-0.2, -0.15) is 0 Å². The predicted octanol–water partition coefficient (Wildman–Crippen LogP) is 4.77. The molecule has 1 heterocycles. The van der Waals surface area contributed by atoms with Crippen LogP contribution in [0.25, 0.3) is 33.9 Å². The third kappa shape index (κ3) is 3.55. The summed E-state index contributed by atoms with van der Waals surface area (Å²) < 4.78 is 5.26. The molecule has 0 saturated heterocycles. The van der Waals surface area contributed by atoms with Crippen molar-refractivity contribution >= 4 is 5.69 Å². The number of aryl methyl sites for hydroxylation is 1. The van der Waals surface area contributed by atoms with Crippen molar-refractivity contribution in [2.75, 3.05) is 12.8 Å². The molecule has 0 amide bonds. The number of methoxy groups -OCH3 is 1. The van der Waals surface area contributed by atoms with Gasteiger partial charge in [0.2, 0.25) is 0 Å². The molecule has 28 heavy (non-hydrogen) atoms. The van der Waals surface area contributed by atoms with E-state index in [1.807, 2.05) is 48.5 Å². The number of rotatable bonds is 4. The first-order valence-corrected chi connectivity index (χ1v) is 8.96. The van der Waals surface area contributed by atoms with Crippen molar-refractivity contribution in [3.05, 3.63) is 78.4 Å². The number of aromatic nitrogens is 3. The van der Waals surface area contributed by atoms with Crippen molar-refractivity contribution in [3.63, 3.8) is 0 Å². The Morgan fingerprint density at radius 2 is 1.25 bits per heavy atom. The lowest BCUT2D eigenvalue weighted by molar-refractivity contribution is 0.415. The van der Waals surface area contributed by atoms with Crippen LogP contribution in [0, 0.1) is 6.92 Å². The lowest BCUT2D eigenvalue weighted by Gasteiger charge is -2.11. The minimum absolute atomic E-state index is 0.563. The van der Waals surface area contributed by atoms with Crippen LogP contribution in [-0.2, 0) is 0 Å². The van der Waals surface area contributed by atoms with Gasteiger partial charge in [0.15, 0.2) is 5.82 Å². The molecule has 4 aromatic rings. The Labute approximate surface area is 163 Å². The summed E-state index contributed by atoms with van der Waals surface area (Å²) >= 11 is 0. The van der Waals surface area contributed by atoms with Crippen molar-refractivity contribution < 1.29 is 4.74 Å². The highest BCUT2D eigenvalue weighted by Crippen LogP contribution is 2.31. The average Bonchev–Trinajstić information content (AvgIpc) is 2.74. The molecule has 0 aliphatic rings. The molecule has 0 aliphatic heterocycles. The van der Waals surface area contributed by atoms with Crippen LogP contribution in [0.3, 0.4) is 0 Å². The van der Waals surface area contributed by atoms with Crippen LogP contribution in [0.2, 0.25) is 0 Å². The van der Waals surface area contributed by atoms with Crippen LogP contribution in [0.4, 0.5) is 5.69 Å². The zero-order valence-electron chi connectivity index (χ0n) is 15.8. The van der Waals surface area contributed by atoms with Crippen LogP contribution >= 0.6 is 0 Å². The molecule has 0 unspecified atom stereocenters. The molecule has 0 atom stereocenters. The number of nitrogens with zero attached hydrogens (tertiary/aromatic N) is 3.